The van der Waals surface area contributed by atoms with Crippen LogP contribution in [0.3, 0.4) is 0 Å². The lowest BCUT2D eigenvalue weighted by Crippen LogP contribution is -2.14. The first-order valence-electron chi connectivity index (χ1n) is 7.98. The SMILES string of the molecule is C=CCOc1ccc(/C=C(\C#N)C(=O)Nc2ccc(C)cc2C)cc1Br. The quantitative estimate of drug-likeness (QED) is 0.405. The smallest absolute Gasteiger partial charge is 0.266 e. The van der Waals surface area contributed by atoms with E-state index in [1.165, 1.54) is 0 Å². The van der Waals surface area contributed by atoms with Crippen LogP contribution in [0, 0.1) is 25.2 Å². The fraction of sp³-hybridized carbons (Fsp3) is 0.143. The monoisotopic (exact) mass is 410 g/mol. The lowest BCUT2D eigenvalue weighted by Gasteiger charge is -2.09. The number of rotatable bonds is 6. The Bertz CT molecular complexity index is 911. The summed E-state index contributed by atoms with van der Waals surface area (Å²) in [5, 5.41) is 12.1. The zero-order valence-corrected chi connectivity index (χ0v) is 16.3. The van der Waals surface area contributed by atoms with Crippen molar-refractivity contribution in [1.82, 2.24) is 0 Å². The molecule has 0 fully saturated rings. The van der Waals surface area contributed by atoms with Gasteiger partial charge in [-0.15, -0.1) is 0 Å². The van der Waals surface area contributed by atoms with Crippen LogP contribution >= 0.6 is 15.9 Å². The van der Waals surface area contributed by atoms with Gasteiger partial charge in [0.1, 0.15) is 24.0 Å². The first-order chi connectivity index (χ1) is 12.4. The predicted molar refractivity (Wildman–Crippen MR) is 108 cm³/mol. The summed E-state index contributed by atoms with van der Waals surface area (Å²) >= 11 is 3.42. The summed E-state index contributed by atoms with van der Waals surface area (Å²) in [6, 6.07) is 13.0. The van der Waals surface area contributed by atoms with Crippen molar-refractivity contribution in [3.8, 4) is 11.8 Å². The number of carbonyl (C=O) groups excluding carboxylic acids is 1. The number of ether oxygens (including phenoxy) is 1. The van der Waals surface area contributed by atoms with E-state index in [-0.39, 0.29) is 5.57 Å². The van der Waals surface area contributed by atoms with Crippen LogP contribution in [0.25, 0.3) is 6.08 Å². The third-order valence-corrected chi connectivity index (χ3v) is 4.24. The van der Waals surface area contributed by atoms with Crippen LogP contribution in [0.4, 0.5) is 5.69 Å². The summed E-state index contributed by atoms with van der Waals surface area (Å²) in [6.07, 6.45) is 3.20. The normalized spacial score (nSPS) is 10.8. The number of aryl methyl sites for hydroxylation is 2. The summed E-state index contributed by atoms with van der Waals surface area (Å²) in [5.41, 5.74) is 3.49. The molecule has 1 amide bonds. The van der Waals surface area contributed by atoms with Crippen LogP contribution in [0.2, 0.25) is 0 Å². The van der Waals surface area contributed by atoms with Crippen molar-refractivity contribution < 1.29 is 9.53 Å². The van der Waals surface area contributed by atoms with Crippen molar-refractivity contribution in [1.29, 1.82) is 5.26 Å². The van der Waals surface area contributed by atoms with E-state index in [9.17, 15) is 10.1 Å². The number of hydrogen-bond donors (Lipinski definition) is 1. The van der Waals surface area contributed by atoms with Gasteiger partial charge in [-0.3, -0.25) is 4.79 Å². The summed E-state index contributed by atoms with van der Waals surface area (Å²) in [4.78, 5) is 12.4. The zero-order chi connectivity index (χ0) is 19.1. The van der Waals surface area contributed by atoms with Gasteiger partial charge in [-0.25, -0.2) is 0 Å². The molecule has 26 heavy (non-hydrogen) atoms. The van der Waals surface area contributed by atoms with E-state index in [0.717, 1.165) is 21.2 Å². The second-order valence-corrected chi connectivity index (χ2v) is 6.59. The second-order valence-electron chi connectivity index (χ2n) is 5.73. The molecule has 0 aliphatic carbocycles. The number of benzene rings is 2. The number of amides is 1. The van der Waals surface area contributed by atoms with Gasteiger partial charge in [0.05, 0.1) is 4.47 Å². The van der Waals surface area contributed by atoms with Crippen molar-refractivity contribution in [3.63, 3.8) is 0 Å². The van der Waals surface area contributed by atoms with E-state index < -0.39 is 5.91 Å². The largest absolute Gasteiger partial charge is 0.488 e. The molecule has 0 bridgehead atoms. The minimum absolute atomic E-state index is 0.0247. The third-order valence-electron chi connectivity index (χ3n) is 3.62. The molecule has 2 rings (SSSR count). The van der Waals surface area contributed by atoms with Gasteiger partial charge >= 0.3 is 0 Å². The van der Waals surface area contributed by atoms with Crippen molar-refractivity contribution in [2.75, 3.05) is 11.9 Å². The minimum atomic E-state index is -0.442. The number of halogens is 1. The molecule has 0 aliphatic heterocycles. The van der Waals surface area contributed by atoms with E-state index in [1.807, 2.05) is 38.1 Å². The average Bonchev–Trinajstić information content (AvgIpc) is 2.61. The molecule has 4 nitrogen and oxygen atoms in total. The number of nitriles is 1. The van der Waals surface area contributed by atoms with Crippen molar-refractivity contribution in [3.05, 3.63) is 75.8 Å². The molecule has 0 aliphatic rings. The molecule has 0 atom stereocenters. The molecule has 132 valence electrons. The Labute approximate surface area is 161 Å². The van der Waals surface area contributed by atoms with Crippen molar-refractivity contribution >= 4 is 33.6 Å². The Hall–Kier alpha value is -2.84. The predicted octanol–water partition coefficient (Wildman–Crippen LogP) is 5.18. The molecule has 0 unspecified atom stereocenters. The van der Waals surface area contributed by atoms with Crippen LogP contribution in [0.1, 0.15) is 16.7 Å². The molecule has 5 heteroatoms. The molecule has 0 aromatic heterocycles. The molecule has 0 spiro atoms. The van der Waals surface area contributed by atoms with E-state index in [4.69, 9.17) is 4.74 Å². The lowest BCUT2D eigenvalue weighted by atomic mass is 10.1. The van der Waals surface area contributed by atoms with Gasteiger partial charge in [0.2, 0.25) is 0 Å². The highest BCUT2D eigenvalue weighted by molar-refractivity contribution is 9.10. The van der Waals surface area contributed by atoms with E-state index in [1.54, 1.807) is 30.4 Å². The Morgan fingerprint density at radius 1 is 1.31 bits per heavy atom. The highest BCUT2D eigenvalue weighted by atomic mass is 79.9. The van der Waals surface area contributed by atoms with Gasteiger partial charge in [0.25, 0.3) is 5.91 Å². The maximum absolute atomic E-state index is 12.4. The lowest BCUT2D eigenvalue weighted by molar-refractivity contribution is -0.112. The Morgan fingerprint density at radius 3 is 2.69 bits per heavy atom. The molecular formula is C21H19BrN2O2. The number of nitrogens with zero attached hydrogens (tertiary/aromatic N) is 1. The highest BCUT2D eigenvalue weighted by Gasteiger charge is 2.11. The summed E-state index contributed by atoms with van der Waals surface area (Å²) in [7, 11) is 0. The topological polar surface area (TPSA) is 62.1 Å². The van der Waals surface area contributed by atoms with Crippen LogP contribution in [0.5, 0.6) is 5.75 Å². The van der Waals surface area contributed by atoms with Gasteiger partial charge in [-0.2, -0.15) is 5.26 Å². The fourth-order valence-electron chi connectivity index (χ4n) is 2.33. The second kappa shape index (κ2) is 9.02. The Morgan fingerprint density at radius 2 is 2.08 bits per heavy atom. The molecule has 0 heterocycles. The molecule has 2 aromatic rings. The third kappa shape index (κ3) is 5.08. The number of nitrogens with one attached hydrogen (secondary N) is 1. The first kappa shape index (κ1) is 19.5. The molecule has 0 saturated heterocycles. The molecule has 2 aromatic carbocycles. The van der Waals surface area contributed by atoms with Crippen LogP contribution in [-0.4, -0.2) is 12.5 Å². The fourth-order valence-corrected chi connectivity index (χ4v) is 2.84. The maximum Gasteiger partial charge on any atom is 0.266 e. The van der Waals surface area contributed by atoms with E-state index >= 15 is 0 Å². The Kier molecular flexibility index (Phi) is 6.76. The van der Waals surface area contributed by atoms with Crippen LogP contribution in [0.15, 0.2) is 59.1 Å². The van der Waals surface area contributed by atoms with Gasteiger partial charge in [0.15, 0.2) is 0 Å². The van der Waals surface area contributed by atoms with Gasteiger partial charge < -0.3 is 10.1 Å². The van der Waals surface area contributed by atoms with Crippen LogP contribution < -0.4 is 10.1 Å². The van der Waals surface area contributed by atoms with Gasteiger partial charge in [-0.1, -0.05) is 36.4 Å². The summed E-state index contributed by atoms with van der Waals surface area (Å²) in [5.74, 6) is 0.225. The average molecular weight is 411 g/mol. The molecule has 0 radical (unpaired) electrons. The van der Waals surface area contributed by atoms with E-state index in [2.05, 4.69) is 27.8 Å². The molecule has 0 saturated carbocycles. The van der Waals surface area contributed by atoms with Crippen molar-refractivity contribution in [2.24, 2.45) is 0 Å². The molecular weight excluding hydrogens is 392 g/mol. The van der Waals surface area contributed by atoms with Crippen LogP contribution in [-0.2, 0) is 4.79 Å². The van der Waals surface area contributed by atoms with Crippen molar-refractivity contribution in [2.45, 2.75) is 13.8 Å². The van der Waals surface area contributed by atoms with Gasteiger partial charge in [-0.05, 0) is 65.2 Å². The highest BCUT2D eigenvalue weighted by Crippen LogP contribution is 2.27. The zero-order valence-electron chi connectivity index (χ0n) is 14.7. The summed E-state index contributed by atoms with van der Waals surface area (Å²) < 4.78 is 6.23. The number of anilines is 1. The number of carbonyl (C=O) groups is 1. The van der Waals surface area contributed by atoms with E-state index in [0.29, 0.717) is 18.0 Å². The molecule has 1 N–H and O–H groups in total. The standard InChI is InChI=1S/C21H19BrN2O2/c1-4-9-26-20-8-6-16(12-18(20)22)11-17(13-23)21(25)24-19-7-5-14(2)10-15(19)3/h4-8,10-12H,1,9H2,2-3H3,(H,24,25)/b17-11+. The number of hydrogen-bond acceptors (Lipinski definition) is 3. The first-order valence-corrected chi connectivity index (χ1v) is 8.77. The Balaban J connectivity index is 2.21. The summed E-state index contributed by atoms with van der Waals surface area (Å²) in [6.45, 7) is 7.91. The minimum Gasteiger partial charge on any atom is -0.488 e. The maximum atomic E-state index is 12.4. The van der Waals surface area contributed by atoms with Gasteiger partial charge in [0, 0.05) is 5.69 Å².